The Bertz CT molecular complexity index is 357. The van der Waals surface area contributed by atoms with Crippen molar-refractivity contribution < 1.29 is 5.11 Å². The van der Waals surface area contributed by atoms with Crippen molar-refractivity contribution in [1.82, 2.24) is 5.32 Å². The number of nitrogens with one attached hydrogen (secondary N) is 1. The minimum atomic E-state index is -0.292. The molecule has 0 radical (unpaired) electrons. The molecule has 3 nitrogen and oxygen atoms in total. The van der Waals surface area contributed by atoms with E-state index in [-0.39, 0.29) is 6.10 Å². The third-order valence-electron chi connectivity index (χ3n) is 2.46. The molecule has 1 aromatic carbocycles. The fourth-order valence-electron chi connectivity index (χ4n) is 1.59. The zero-order valence-electron chi connectivity index (χ0n) is 9.61. The monoisotopic (exact) mass is 218 g/mol. The summed E-state index contributed by atoms with van der Waals surface area (Å²) in [4.78, 5) is 0. The van der Waals surface area contributed by atoms with Crippen LogP contribution in [0.5, 0.6) is 0 Å². The first-order chi connectivity index (χ1) is 7.77. The van der Waals surface area contributed by atoms with Gasteiger partial charge < -0.3 is 10.4 Å². The van der Waals surface area contributed by atoms with Crippen LogP contribution < -0.4 is 5.32 Å². The summed E-state index contributed by atoms with van der Waals surface area (Å²) in [6, 6.07) is 9.66. The highest BCUT2D eigenvalue weighted by Crippen LogP contribution is 2.06. The van der Waals surface area contributed by atoms with Crippen LogP contribution in [0.2, 0.25) is 0 Å². The van der Waals surface area contributed by atoms with E-state index in [1.807, 2.05) is 25.1 Å². The molecule has 1 atom stereocenters. The van der Waals surface area contributed by atoms with Crippen LogP contribution in [0.1, 0.15) is 30.9 Å². The van der Waals surface area contributed by atoms with E-state index in [1.165, 1.54) is 0 Å². The normalized spacial score (nSPS) is 12.1. The Morgan fingerprint density at radius 1 is 1.44 bits per heavy atom. The number of rotatable bonds is 6. The van der Waals surface area contributed by atoms with Gasteiger partial charge in [0, 0.05) is 13.1 Å². The van der Waals surface area contributed by atoms with Crippen molar-refractivity contribution >= 4 is 0 Å². The number of nitriles is 1. The molecule has 0 aromatic heterocycles. The van der Waals surface area contributed by atoms with E-state index < -0.39 is 0 Å². The zero-order valence-corrected chi connectivity index (χ0v) is 9.61. The largest absolute Gasteiger partial charge is 0.392 e. The van der Waals surface area contributed by atoms with Crippen LogP contribution in [0.25, 0.3) is 0 Å². The lowest BCUT2D eigenvalue weighted by Gasteiger charge is -2.11. The molecular formula is C13H18N2O. The van der Waals surface area contributed by atoms with Crippen LogP contribution in [0.3, 0.4) is 0 Å². The number of nitrogens with zero attached hydrogens (tertiary/aromatic N) is 1. The van der Waals surface area contributed by atoms with E-state index in [1.54, 1.807) is 6.07 Å². The Morgan fingerprint density at radius 3 is 2.88 bits per heavy atom. The van der Waals surface area contributed by atoms with Crippen molar-refractivity contribution in [3.8, 4) is 6.07 Å². The molecular weight excluding hydrogens is 200 g/mol. The van der Waals surface area contributed by atoms with E-state index in [0.29, 0.717) is 18.7 Å². The predicted molar refractivity (Wildman–Crippen MR) is 63.8 cm³/mol. The van der Waals surface area contributed by atoms with Crippen LogP contribution in [-0.2, 0) is 6.54 Å². The van der Waals surface area contributed by atoms with Crippen molar-refractivity contribution in [3.63, 3.8) is 0 Å². The van der Waals surface area contributed by atoms with Crippen LogP contribution >= 0.6 is 0 Å². The number of hydrogen-bond acceptors (Lipinski definition) is 3. The molecule has 0 aliphatic rings. The molecule has 0 saturated heterocycles. The fourth-order valence-corrected chi connectivity index (χ4v) is 1.59. The van der Waals surface area contributed by atoms with E-state index in [4.69, 9.17) is 5.26 Å². The number of hydrogen-bond donors (Lipinski definition) is 2. The summed E-state index contributed by atoms with van der Waals surface area (Å²) in [6.07, 6.45) is 1.50. The lowest BCUT2D eigenvalue weighted by atomic mass is 10.1. The van der Waals surface area contributed by atoms with Crippen molar-refractivity contribution in [2.75, 3.05) is 6.54 Å². The molecule has 1 rings (SSSR count). The minimum Gasteiger partial charge on any atom is -0.392 e. The molecule has 1 unspecified atom stereocenters. The third-order valence-corrected chi connectivity index (χ3v) is 2.46. The maximum Gasteiger partial charge on any atom is 0.0995 e. The molecule has 0 aliphatic carbocycles. The minimum absolute atomic E-state index is 0.292. The molecule has 86 valence electrons. The molecule has 0 amide bonds. The second-order valence-corrected chi connectivity index (χ2v) is 3.84. The van der Waals surface area contributed by atoms with Crippen LogP contribution in [0.15, 0.2) is 24.3 Å². The second-order valence-electron chi connectivity index (χ2n) is 3.84. The lowest BCUT2D eigenvalue weighted by molar-refractivity contribution is 0.160. The summed E-state index contributed by atoms with van der Waals surface area (Å²) in [5.74, 6) is 0. The molecule has 0 spiro atoms. The quantitative estimate of drug-likeness (QED) is 0.765. The average molecular weight is 218 g/mol. The van der Waals surface area contributed by atoms with Crippen molar-refractivity contribution in [2.24, 2.45) is 0 Å². The fraction of sp³-hybridized carbons (Fsp3) is 0.462. The van der Waals surface area contributed by atoms with Gasteiger partial charge in [0.15, 0.2) is 0 Å². The van der Waals surface area contributed by atoms with Gasteiger partial charge >= 0.3 is 0 Å². The van der Waals surface area contributed by atoms with E-state index >= 15 is 0 Å². The maximum absolute atomic E-state index is 9.53. The van der Waals surface area contributed by atoms with Crippen molar-refractivity contribution in [2.45, 2.75) is 32.4 Å². The number of aliphatic hydroxyl groups excluding tert-OH is 1. The summed E-state index contributed by atoms with van der Waals surface area (Å²) >= 11 is 0. The number of benzene rings is 1. The van der Waals surface area contributed by atoms with Crippen molar-refractivity contribution in [1.29, 1.82) is 5.26 Å². The molecule has 16 heavy (non-hydrogen) atoms. The van der Waals surface area contributed by atoms with Gasteiger partial charge in [0.05, 0.1) is 17.7 Å². The van der Waals surface area contributed by atoms with Gasteiger partial charge in [0.25, 0.3) is 0 Å². The predicted octanol–water partition coefficient (Wildman–Crippen LogP) is 1.81. The van der Waals surface area contributed by atoms with E-state index in [2.05, 4.69) is 11.4 Å². The summed E-state index contributed by atoms with van der Waals surface area (Å²) in [5.41, 5.74) is 1.67. The number of aliphatic hydroxyl groups is 1. The van der Waals surface area contributed by atoms with E-state index in [0.717, 1.165) is 18.4 Å². The summed E-state index contributed by atoms with van der Waals surface area (Å²) in [5, 5.41) is 21.6. The van der Waals surface area contributed by atoms with Crippen LogP contribution in [0, 0.1) is 11.3 Å². The third kappa shape index (κ3) is 4.01. The first kappa shape index (κ1) is 12.7. The zero-order chi connectivity index (χ0) is 11.8. The van der Waals surface area contributed by atoms with Gasteiger partial charge in [-0.05, 0) is 18.1 Å². The van der Waals surface area contributed by atoms with Crippen molar-refractivity contribution in [3.05, 3.63) is 35.4 Å². The molecule has 0 aliphatic heterocycles. The molecule has 0 bridgehead atoms. The molecule has 0 heterocycles. The summed E-state index contributed by atoms with van der Waals surface area (Å²) in [7, 11) is 0. The molecule has 0 saturated carbocycles. The highest BCUT2D eigenvalue weighted by Gasteiger charge is 2.03. The Balaban J connectivity index is 2.40. The SMILES string of the molecule is CCCC(O)CNCc1ccccc1C#N. The topological polar surface area (TPSA) is 56.0 Å². The smallest absolute Gasteiger partial charge is 0.0995 e. The van der Waals surface area contributed by atoms with Gasteiger partial charge in [-0.25, -0.2) is 0 Å². The first-order valence-electron chi connectivity index (χ1n) is 5.64. The Labute approximate surface area is 96.7 Å². The Hall–Kier alpha value is -1.37. The lowest BCUT2D eigenvalue weighted by Crippen LogP contribution is -2.26. The maximum atomic E-state index is 9.53. The second kappa shape index (κ2) is 7.00. The average Bonchev–Trinajstić information content (AvgIpc) is 2.30. The van der Waals surface area contributed by atoms with E-state index in [9.17, 15) is 5.11 Å². The van der Waals surface area contributed by atoms with Gasteiger partial charge in [-0.2, -0.15) is 5.26 Å². The van der Waals surface area contributed by atoms with Gasteiger partial charge in [-0.1, -0.05) is 31.5 Å². The highest BCUT2D eigenvalue weighted by atomic mass is 16.3. The Kier molecular flexibility index (Phi) is 5.55. The molecule has 0 fully saturated rings. The summed E-state index contributed by atoms with van der Waals surface area (Å²) in [6.45, 7) is 3.26. The Morgan fingerprint density at radius 2 is 2.19 bits per heavy atom. The van der Waals surface area contributed by atoms with Gasteiger partial charge in [0.2, 0.25) is 0 Å². The van der Waals surface area contributed by atoms with Crippen LogP contribution in [-0.4, -0.2) is 17.8 Å². The molecule has 1 aromatic rings. The van der Waals surface area contributed by atoms with Gasteiger partial charge in [0.1, 0.15) is 0 Å². The standard InChI is InChI=1S/C13H18N2O/c1-2-5-13(16)10-15-9-12-7-4-3-6-11(12)8-14/h3-4,6-7,13,15-16H,2,5,9-10H2,1H3. The first-order valence-corrected chi connectivity index (χ1v) is 5.64. The molecule has 3 heteroatoms. The summed E-state index contributed by atoms with van der Waals surface area (Å²) < 4.78 is 0. The van der Waals surface area contributed by atoms with Gasteiger partial charge in [-0.3, -0.25) is 0 Å². The van der Waals surface area contributed by atoms with Crippen LogP contribution in [0.4, 0.5) is 0 Å². The molecule has 2 N–H and O–H groups in total. The highest BCUT2D eigenvalue weighted by molar-refractivity contribution is 5.37. The van der Waals surface area contributed by atoms with Gasteiger partial charge in [-0.15, -0.1) is 0 Å².